The van der Waals surface area contributed by atoms with Crippen LogP contribution in [0.25, 0.3) is 11.1 Å². The third-order valence-corrected chi connectivity index (χ3v) is 2.76. The number of carbonyl (C=O) groups is 2. The van der Waals surface area contributed by atoms with E-state index < -0.39 is 11.9 Å². The molecule has 0 aliphatic rings. The van der Waals surface area contributed by atoms with Crippen LogP contribution in [0.15, 0.2) is 42.5 Å². The Kier molecular flexibility index (Phi) is 3.20. The molecule has 0 aliphatic carbocycles. The monoisotopic (exact) mass is 257 g/mol. The fraction of sp³-hybridized carbons (Fsp3) is 0. The van der Waals surface area contributed by atoms with E-state index in [9.17, 15) is 14.7 Å². The summed E-state index contributed by atoms with van der Waals surface area (Å²) in [6, 6.07) is 10.8. The third-order valence-electron chi connectivity index (χ3n) is 2.76. The molecule has 5 heteroatoms. The van der Waals surface area contributed by atoms with Gasteiger partial charge in [0.15, 0.2) is 0 Å². The number of nitrogen functional groups attached to an aromatic ring is 1. The lowest BCUT2D eigenvalue weighted by atomic mass is 9.94. The standard InChI is InChI=1S/C14H11NO4/c15-11-7-3-6-9(12(11)14(18)19)8-4-1-2-5-10(8)13(16)17/h1-7H,15H2,(H,16,17)(H,18,19). The molecule has 2 aromatic carbocycles. The Labute approximate surface area is 108 Å². The van der Waals surface area contributed by atoms with Crippen molar-refractivity contribution < 1.29 is 19.8 Å². The second-order valence-corrected chi connectivity index (χ2v) is 3.93. The first-order chi connectivity index (χ1) is 9.02. The summed E-state index contributed by atoms with van der Waals surface area (Å²) < 4.78 is 0. The summed E-state index contributed by atoms with van der Waals surface area (Å²) in [6.45, 7) is 0. The molecule has 0 bridgehead atoms. The van der Waals surface area contributed by atoms with Gasteiger partial charge in [0.05, 0.1) is 11.1 Å². The van der Waals surface area contributed by atoms with E-state index in [4.69, 9.17) is 10.8 Å². The summed E-state index contributed by atoms with van der Waals surface area (Å²) in [5, 5.41) is 18.4. The van der Waals surface area contributed by atoms with E-state index in [1.807, 2.05) is 0 Å². The normalized spacial score (nSPS) is 10.1. The topological polar surface area (TPSA) is 101 Å². The lowest BCUT2D eigenvalue weighted by molar-refractivity contribution is 0.0685. The van der Waals surface area contributed by atoms with Crippen LogP contribution in [0, 0.1) is 0 Å². The van der Waals surface area contributed by atoms with Crippen molar-refractivity contribution >= 4 is 17.6 Å². The zero-order chi connectivity index (χ0) is 14.0. The number of carboxylic acids is 2. The molecule has 0 saturated heterocycles. The average molecular weight is 257 g/mol. The van der Waals surface area contributed by atoms with Gasteiger partial charge in [-0.25, -0.2) is 9.59 Å². The molecular formula is C14H11NO4. The van der Waals surface area contributed by atoms with E-state index in [2.05, 4.69) is 0 Å². The fourth-order valence-electron chi connectivity index (χ4n) is 1.94. The Bertz CT molecular complexity index is 664. The highest BCUT2D eigenvalue weighted by molar-refractivity contribution is 6.05. The smallest absolute Gasteiger partial charge is 0.338 e. The van der Waals surface area contributed by atoms with E-state index in [1.54, 1.807) is 30.3 Å². The average Bonchev–Trinajstić information content (AvgIpc) is 2.37. The summed E-state index contributed by atoms with van der Waals surface area (Å²) in [5.74, 6) is -2.30. The van der Waals surface area contributed by atoms with Crippen molar-refractivity contribution in [2.24, 2.45) is 0 Å². The maximum atomic E-state index is 11.3. The van der Waals surface area contributed by atoms with Gasteiger partial charge in [-0.3, -0.25) is 0 Å². The van der Waals surface area contributed by atoms with Crippen LogP contribution in [0.5, 0.6) is 0 Å². The maximum absolute atomic E-state index is 11.3. The highest BCUT2D eigenvalue weighted by atomic mass is 16.4. The predicted molar refractivity (Wildman–Crippen MR) is 70.2 cm³/mol. The fourth-order valence-corrected chi connectivity index (χ4v) is 1.94. The van der Waals surface area contributed by atoms with Crippen molar-refractivity contribution in [3.63, 3.8) is 0 Å². The van der Waals surface area contributed by atoms with Crippen LogP contribution in [0.3, 0.4) is 0 Å². The Hall–Kier alpha value is -2.82. The van der Waals surface area contributed by atoms with Crippen molar-refractivity contribution in [3.8, 4) is 11.1 Å². The molecule has 0 atom stereocenters. The Morgan fingerprint density at radius 1 is 0.842 bits per heavy atom. The summed E-state index contributed by atoms with van der Waals surface area (Å²) >= 11 is 0. The molecule has 0 fully saturated rings. The van der Waals surface area contributed by atoms with Gasteiger partial charge in [0.2, 0.25) is 0 Å². The van der Waals surface area contributed by atoms with Gasteiger partial charge in [-0.1, -0.05) is 30.3 Å². The molecule has 0 aliphatic heterocycles. The van der Waals surface area contributed by atoms with Crippen LogP contribution in [0.4, 0.5) is 5.69 Å². The molecule has 4 N–H and O–H groups in total. The second-order valence-electron chi connectivity index (χ2n) is 3.93. The minimum atomic E-state index is -1.19. The molecule has 2 aromatic rings. The van der Waals surface area contributed by atoms with Crippen molar-refractivity contribution in [2.75, 3.05) is 5.73 Å². The van der Waals surface area contributed by atoms with Crippen LogP contribution in [0.1, 0.15) is 20.7 Å². The largest absolute Gasteiger partial charge is 0.478 e. The SMILES string of the molecule is Nc1cccc(-c2ccccc2C(=O)O)c1C(=O)O. The number of benzene rings is 2. The summed E-state index contributed by atoms with van der Waals surface area (Å²) in [5.41, 5.74) is 6.34. The van der Waals surface area contributed by atoms with Gasteiger partial charge in [-0.05, 0) is 23.3 Å². The van der Waals surface area contributed by atoms with Gasteiger partial charge in [-0.2, -0.15) is 0 Å². The van der Waals surface area contributed by atoms with E-state index in [-0.39, 0.29) is 16.8 Å². The summed E-state index contributed by atoms with van der Waals surface area (Å²) in [4.78, 5) is 22.5. The van der Waals surface area contributed by atoms with Gasteiger partial charge in [-0.15, -0.1) is 0 Å². The van der Waals surface area contributed by atoms with E-state index in [0.29, 0.717) is 11.1 Å². The van der Waals surface area contributed by atoms with Crippen molar-refractivity contribution in [1.82, 2.24) is 0 Å². The molecule has 96 valence electrons. The number of hydrogen-bond donors (Lipinski definition) is 3. The number of nitrogens with two attached hydrogens (primary N) is 1. The third kappa shape index (κ3) is 2.26. The van der Waals surface area contributed by atoms with Crippen LogP contribution >= 0.6 is 0 Å². The second kappa shape index (κ2) is 4.81. The van der Waals surface area contributed by atoms with Crippen LogP contribution in [-0.2, 0) is 0 Å². The van der Waals surface area contributed by atoms with Gasteiger partial charge >= 0.3 is 11.9 Å². The van der Waals surface area contributed by atoms with Crippen LogP contribution in [0.2, 0.25) is 0 Å². The van der Waals surface area contributed by atoms with E-state index in [0.717, 1.165) is 0 Å². The molecule has 0 saturated carbocycles. The Morgan fingerprint density at radius 3 is 2.11 bits per heavy atom. The lowest BCUT2D eigenvalue weighted by Crippen LogP contribution is -2.07. The zero-order valence-corrected chi connectivity index (χ0v) is 9.83. The molecule has 0 radical (unpaired) electrons. The molecule has 0 aromatic heterocycles. The minimum absolute atomic E-state index is 0.0376. The number of rotatable bonds is 3. The lowest BCUT2D eigenvalue weighted by Gasteiger charge is -2.11. The molecular weight excluding hydrogens is 246 g/mol. The molecule has 0 amide bonds. The number of carboxylic acid groups (broad SMARTS) is 2. The zero-order valence-electron chi connectivity index (χ0n) is 9.83. The molecule has 0 unspecified atom stereocenters. The van der Waals surface area contributed by atoms with Gasteiger partial charge in [0.25, 0.3) is 0 Å². The van der Waals surface area contributed by atoms with Crippen LogP contribution in [-0.4, -0.2) is 22.2 Å². The summed E-state index contributed by atoms with van der Waals surface area (Å²) in [6.07, 6.45) is 0. The Morgan fingerprint density at radius 2 is 1.47 bits per heavy atom. The molecule has 2 rings (SSSR count). The quantitative estimate of drug-likeness (QED) is 0.732. The Balaban J connectivity index is 2.76. The molecule has 5 nitrogen and oxygen atoms in total. The van der Waals surface area contributed by atoms with Gasteiger partial charge in [0, 0.05) is 5.69 Å². The first-order valence-electron chi connectivity index (χ1n) is 5.47. The van der Waals surface area contributed by atoms with E-state index >= 15 is 0 Å². The summed E-state index contributed by atoms with van der Waals surface area (Å²) in [7, 11) is 0. The van der Waals surface area contributed by atoms with Crippen LogP contribution < -0.4 is 5.73 Å². The van der Waals surface area contributed by atoms with Crippen molar-refractivity contribution in [3.05, 3.63) is 53.6 Å². The first-order valence-corrected chi connectivity index (χ1v) is 5.47. The van der Waals surface area contributed by atoms with E-state index in [1.165, 1.54) is 12.1 Å². The molecule has 19 heavy (non-hydrogen) atoms. The predicted octanol–water partition coefficient (Wildman–Crippen LogP) is 2.33. The van der Waals surface area contributed by atoms with Gasteiger partial charge < -0.3 is 15.9 Å². The number of aromatic carboxylic acids is 2. The van der Waals surface area contributed by atoms with Crippen molar-refractivity contribution in [2.45, 2.75) is 0 Å². The molecule has 0 spiro atoms. The number of anilines is 1. The highest BCUT2D eigenvalue weighted by Crippen LogP contribution is 2.30. The van der Waals surface area contributed by atoms with Crippen molar-refractivity contribution in [1.29, 1.82) is 0 Å². The molecule has 0 heterocycles. The maximum Gasteiger partial charge on any atom is 0.338 e. The first kappa shape index (κ1) is 12.6. The minimum Gasteiger partial charge on any atom is -0.478 e. The highest BCUT2D eigenvalue weighted by Gasteiger charge is 2.19. The van der Waals surface area contributed by atoms with Gasteiger partial charge in [0.1, 0.15) is 0 Å². The number of hydrogen-bond acceptors (Lipinski definition) is 3.